The Bertz CT molecular complexity index is 2120. The molecule has 14 nitrogen and oxygen atoms in total. The summed E-state index contributed by atoms with van der Waals surface area (Å²) in [6.07, 6.45) is 34.9. The van der Waals surface area contributed by atoms with Crippen LogP contribution in [0.5, 0.6) is 11.5 Å². The summed E-state index contributed by atoms with van der Waals surface area (Å²) in [5.41, 5.74) is 0.535. The Balaban J connectivity index is -0.0000000366. The molecule has 0 aromatic heterocycles. The minimum Gasteiger partial charge on any atom is -0.502 e. The smallest absolute Gasteiger partial charge is 0.342 e. The van der Waals surface area contributed by atoms with Crippen molar-refractivity contribution in [3.8, 4) is 11.5 Å². The summed E-state index contributed by atoms with van der Waals surface area (Å²) < 4.78 is 54.1. The van der Waals surface area contributed by atoms with E-state index in [9.17, 15) is 14.4 Å². The lowest BCUT2D eigenvalue weighted by Crippen LogP contribution is -2.18. The van der Waals surface area contributed by atoms with E-state index in [-0.39, 0.29) is 108 Å². The second kappa shape index (κ2) is 150. The SMILES string of the molecule is C.C.C.C.C.C.C.C.C.C.C=CCOC1CCCCC1.C=CCOCC.C=CCOc1ccccc1.C=COC(=O)C1CCCCC1.C=COC(=O)CC.C=COC(=O)c1ccccc1.C=COC(C)COCC.C=COC1CCCCC1.C=COCC.C=COc1ccccc1.CC.CC.CC.CC.CC.CC.[HH].[HH].[HH]. The zero-order valence-electron chi connectivity index (χ0n) is 65.8. The van der Waals surface area contributed by atoms with Crippen LogP contribution in [0.25, 0.3) is 0 Å². The molecule has 3 aliphatic rings. The van der Waals surface area contributed by atoms with E-state index in [1.165, 1.54) is 95.7 Å². The van der Waals surface area contributed by atoms with Crippen molar-refractivity contribution in [1.29, 1.82) is 0 Å². The van der Waals surface area contributed by atoms with E-state index in [1.54, 1.807) is 49.6 Å². The van der Waals surface area contributed by atoms with Gasteiger partial charge < -0.3 is 52.1 Å². The quantitative estimate of drug-likeness (QED) is 0.0246. The Morgan fingerprint density at radius 2 is 0.798 bits per heavy atom. The van der Waals surface area contributed by atoms with Gasteiger partial charge in [-0.05, 0) is 115 Å². The summed E-state index contributed by atoms with van der Waals surface area (Å²) in [6, 6.07) is 28.0. The van der Waals surface area contributed by atoms with Crippen molar-refractivity contribution in [3.05, 3.63) is 224 Å². The number of para-hydroxylation sites is 2. The Kier molecular flexibility index (Phi) is 212. The number of ether oxygens (including phenoxy) is 11. The number of rotatable bonds is 26. The fourth-order valence-electron chi connectivity index (χ4n) is 7.26. The van der Waals surface area contributed by atoms with E-state index >= 15 is 0 Å². The molecule has 3 aromatic rings. The van der Waals surface area contributed by atoms with E-state index in [2.05, 4.69) is 80.0 Å². The number of esters is 3. The molecule has 6 rings (SSSR count). The van der Waals surface area contributed by atoms with Gasteiger partial charge in [0.05, 0.1) is 94.0 Å². The Morgan fingerprint density at radius 1 is 0.413 bits per heavy atom. The largest absolute Gasteiger partial charge is 0.502 e. The third-order valence-corrected chi connectivity index (χ3v) is 11.4. The van der Waals surface area contributed by atoms with Gasteiger partial charge in [0.1, 0.15) is 24.2 Å². The van der Waals surface area contributed by atoms with Crippen LogP contribution in [0.2, 0.25) is 0 Å². The maximum Gasteiger partial charge on any atom is 0.342 e. The average Bonchev–Trinajstić information content (AvgIpc) is 0.931. The Morgan fingerprint density at radius 3 is 1.11 bits per heavy atom. The molecule has 0 N–H and O–H groups in total. The van der Waals surface area contributed by atoms with Crippen LogP contribution in [-0.4, -0.2) is 82.5 Å². The van der Waals surface area contributed by atoms with Crippen LogP contribution in [-0.2, 0) is 52.2 Å². The average molecular weight is 1560 g/mol. The first kappa shape index (κ1) is 154. The number of hydrogen-bond donors (Lipinski definition) is 0. The van der Waals surface area contributed by atoms with Gasteiger partial charge in [-0.1, -0.05) is 335 Å². The van der Waals surface area contributed by atoms with E-state index in [1.807, 2.05) is 184 Å². The molecule has 0 radical (unpaired) electrons. The van der Waals surface area contributed by atoms with Crippen molar-refractivity contribution in [2.45, 2.75) is 313 Å². The Hall–Kier alpha value is -7.65. The van der Waals surface area contributed by atoms with Crippen LogP contribution in [0, 0.1) is 5.92 Å². The minimum absolute atomic E-state index is 0. The number of benzene rings is 3. The molecule has 109 heavy (non-hydrogen) atoms. The molecule has 0 saturated heterocycles. The van der Waals surface area contributed by atoms with Gasteiger partial charge in [0.25, 0.3) is 0 Å². The van der Waals surface area contributed by atoms with Crippen LogP contribution < -0.4 is 9.47 Å². The highest BCUT2D eigenvalue weighted by atomic mass is 16.5. The summed E-state index contributed by atoms with van der Waals surface area (Å²) in [5.74, 6) is 1.15. The normalized spacial score (nSPS) is 10.6. The maximum atomic E-state index is 11.1. The molecular weight excluding hydrogens is 1370 g/mol. The van der Waals surface area contributed by atoms with Gasteiger partial charge in [-0.15, -0.1) is 13.2 Å². The predicted molar refractivity (Wildman–Crippen MR) is 500 cm³/mol. The van der Waals surface area contributed by atoms with Crippen molar-refractivity contribution in [1.82, 2.24) is 0 Å². The standard InChI is InChI=1S/C9H14O2.C9H8O2.C9H16O.C9H10O.C8H14O.C8H8O.C7H14O2.C5H8O2.C5H10O.C4H8O.6C2H6.10CH4.3H2/c2*1-2-11-9(10)8-6-4-3-5-7-8;2*1-2-8-10-9-6-4-3-5-7-9;2*1-2-9-8-6-4-3-5-7-8;1-4-8-6-7(3)9-5-2;1-3-5(6)7-4-2;1-3-5-6-4-2;1-3-5-4-2;6*1-2;;;;;;;;;;;;;/h2,8H,1,3-7H2;2-7H,1H2;2,9H,1,3-8H2;2-7H,1,8H2;2,8H,1,3-7H2;2-7H,1H2;5,7H,2,4,6H2,1,3H3;4H,2-3H2,1H3;3H,1,4-5H2,2H3;3H,1,4H2,2H3;6*1-2H3;10*1H4;3*1H. The summed E-state index contributed by atoms with van der Waals surface area (Å²) in [6.45, 7) is 72.6. The van der Waals surface area contributed by atoms with Crippen LogP contribution in [0.3, 0.4) is 0 Å². The number of carbonyl (C=O) groups is 3. The second-order valence-corrected chi connectivity index (χ2v) is 18.2. The Labute approximate surface area is 686 Å². The van der Waals surface area contributed by atoms with Gasteiger partial charge in [-0.2, -0.15) is 0 Å². The van der Waals surface area contributed by atoms with Crippen molar-refractivity contribution in [2.24, 2.45) is 5.92 Å². The fourth-order valence-corrected chi connectivity index (χ4v) is 7.26. The number of carbonyl (C=O) groups excluding carboxylic acids is 3. The molecule has 3 aromatic carbocycles. The molecule has 656 valence electrons. The fraction of sp³-hybridized carbons (Fsp3) is 0.568. The van der Waals surface area contributed by atoms with Crippen molar-refractivity contribution in [2.75, 3.05) is 46.2 Å². The summed E-state index contributed by atoms with van der Waals surface area (Å²) in [7, 11) is 0. The molecule has 0 spiro atoms. The number of hydrogen-bond acceptors (Lipinski definition) is 14. The molecule has 0 amide bonds. The lowest BCUT2D eigenvalue weighted by Gasteiger charge is -2.20. The summed E-state index contributed by atoms with van der Waals surface area (Å²) >= 11 is 0. The van der Waals surface area contributed by atoms with Crippen molar-refractivity contribution < 1.29 is 70.8 Å². The highest BCUT2D eigenvalue weighted by Crippen LogP contribution is 2.25. The van der Waals surface area contributed by atoms with Gasteiger partial charge in [0.15, 0.2) is 0 Å². The summed E-state index contributed by atoms with van der Waals surface area (Å²) in [4.78, 5) is 32.2. The molecule has 0 heterocycles. The van der Waals surface area contributed by atoms with E-state index in [0.717, 1.165) is 76.1 Å². The highest BCUT2D eigenvalue weighted by Gasteiger charge is 2.21. The van der Waals surface area contributed by atoms with E-state index in [4.69, 9.17) is 37.9 Å². The van der Waals surface area contributed by atoms with Gasteiger partial charge in [-0.3, -0.25) is 9.59 Å². The molecule has 14 heteroatoms. The van der Waals surface area contributed by atoms with Gasteiger partial charge in [-0.25, -0.2) is 4.79 Å². The van der Waals surface area contributed by atoms with E-state index < -0.39 is 0 Å². The van der Waals surface area contributed by atoms with Gasteiger partial charge in [0, 0.05) is 23.9 Å². The minimum atomic E-state index is -0.374. The maximum absolute atomic E-state index is 11.1. The third-order valence-electron chi connectivity index (χ3n) is 11.4. The van der Waals surface area contributed by atoms with Gasteiger partial charge >= 0.3 is 17.9 Å². The van der Waals surface area contributed by atoms with Crippen LogP contribution in [0.1, 0.15) is 309 Å². The molecule has 1 atom stereocenters. The van der Waals surface area contributed by atoms with Crippen molar-refractivity contribution in [3.63, 3.8) is 0 Å². The molecule has 3 saturated carbocycles. The molecule has 0 bridgehead atoms. The topological polar surface area (TPSA) is 153 Å². The highest BCUT2D eigenvalue weighted by molar-refractivity contribution is 5.89. The summed E-state index contributed by atoms with van der Waals surface area (Å²) in [5, 5.41) is 0. The van der Waals surface area contributed by atoms with Gasteiger partial charge in [0.2, 0.25) is 0 Å². The van der Waals surface area contributed by atoms with Crippen LogP contribution >= 0.6 is 0 Å². The lowest BCUT2D eigenvalue weighted by atomic mass is 9.89. The second-order valence-electron chi connectivity index (χ2n) is 18.2. The van der Waals surface area contributed by atoms with Crippen molar-refractivity contribution >= 4 is 17.9 Å². The monoisotopic (exact) mass is 1560 g/mol. The van der Waals surface area contributed by atoms with Crippen LogP contribution in [0.4, 0.5) is 0 Å². The van der Waals surface area contributed by atoms with E-state index in [0.29, 0.717) is 44.0 Å². The predicted octanol–water partition coefficient (Wildman–Crippen LogP) is 32.0. The molecule has 3 aliphatic carbocycles. The lowest BCUT2D eigenvalue weighted by molar-refractivity contribution is -0.143. The first-order valence-corrected chi connectivity index (χ1v) is 36.2. The molecule has 1 unspecified atom stereocenters. The zero-order chi connectivity index (χ0) is 77.5. The molecular formula is C95H192O14. The molecule has 3 fully saturated rings. The zero-order valence-corrected chi connectivity index (χ0v) is 65.8. The first-order valence-electron chi connectivity index (χ1n) is 36.2. The first-order chi connectivity index (χ1) is 48.4. The third kappa shape index (κ3) is 133. The van der Waals surface area contributed by atoms with Crippen LogP contribution in [0.15, 0.2) is 219 Å². The molecule has 0 aliphatic heterocycles.